The van der Waals surface area contributed by atoms with E-state index in [9.17, 15) is 132 Å². The van der Waals surface area contributed by atoms with E-state index in [4.69, 9.17) is 71.1 Å². The lowest BCUT2D eigenvalue weighted by Gasteiger charge is -2.50. The van der Waals surface area contributed by atoms with Crippen molar-refractivity contribution in [1.82, 2.24) is 10.6 Å². The van der Waals surface area contributed by atoms with Gasteiger partial charge in [0, 0.05) is 13.8 Å². The molecule has 8 aliphatic rings. The number of hydrogen-bond acceptors (Lipinski definition) is 41. The van der Waals surface area contributed by atoms with Crippen molar-refractivity contribution in [2.45, 2.75) is 259 Å². The molecule has 2 amide bonds. The van der Waals surface area contributed by atoms with Crippen molar-refractivity contribution >= 4 is 11.8 Å². The predicted octanol–water partition coefficient (Wildman–Crippen LogP) is -18.2. The summed E-state index contributed by atoms with van der Waals surface area (Å²) in [5.74, 6) is -1.65. The highest BCUT2D eigenvalue weighted by Crippen LogP contribution is 2.38. The second-order valence-corrected chi connectivity index (χ2v) is 23.9. The Kier molecular flexibility index (Phi) is 27.9. The summed E-state index contributed by atoms with van der Waals surface area (Å²) in [5, 5.41) is 265. The number of hydrogen-bond donors (Lipinski definition) is 26. The molecule has 0 unspecified atom stereocenters. The Balaban J connectivity index is 1.09. The van der Waals surface area contributed by atoms with Gasteiger partial charge < -0.3 is 204 Å². The van der Waals surface area contributed by atoms with Crippen LogP contribution in [-0.4, -0.2) is 433 Å². The first-order valence-electron chi connectivity index (χ1n) is 30.1. The van der Waals surface area contributed by atoms with Crippen molar-refractivity contribution in [3.05, 3.63) is 0 Å². The number of ether oxygens (including phenoxy) is 15. The lowest BCUT2D eigenvalue weighted by molar-refractivity contribution is -0.389. The van der Waals surface area contributed by atoms with Gasteiger partial charge in [0.1, 0.15) is 195 Å². The average Bonchev–Trinajstić information content (AvgIpc) is 0.780. The van der Waals surface area contributed by atoms with E-state index in [-0.39, 0.29) is 0 Å². The second-order valence-electron chi connectivity index (χ2n) is 23.9. The minimum atomic E-state index is -2.39. The van der Waals surface area contributed by atoms with Crippen molar-refractivity contribution < 1.29 is 203 Å². The molecule has 26 N–H and O–H groups in total. The zero-order valence-corrected chi connectivity index (χ0v) is 50.4. The van der Waals surface area contributed by atoms with E-state index in [2.05, 4.69) is 10.6 Å². The molecule has 8 saturated heterocycles. The van der Waals surface area contributed by atoms with Gasteiger partial charge in [-0.1, -0.05) is 0 Å². The molecule has 0 aromatic rings. The smallest absolute Gasteiger partial charge is 0.217 e. The van der Waals surface area contributed by atoms with Gasteiger partial charge in [-0.3, -0.25) is 9.59 Å². The summed E-state index contributed by atoms with van der Waals surface area (Å²) in [6.07, 6.45) is -77.2. The van der Waals surface area contributed by atoms with Crippen LogP contribution in [0.3, 0.4) is 0 Å². The van der Waals surface area contributed by atoms with E-state index in [1.165, 1.54) is 0 Å². The van der Waals surface area contributed by atoms with E-state index >= 15 is 0 Å². The Labute approximate surface area is 536 Å². The fourth-order valence-corrected chi connectivity index (χ4v) is 12.1. The molecule has 43 heteroatoms. The first-order chi connectivity index (χ1) is 44.9. The first kappa shape index (κ1) is 78.1. The Bertz CT molecular complexity index is 2380. The molecule has 0 aromatic heterocycles. The number of carbonyl (C=O) groups excluding carboxylic acids is 2. The lowest BCUT2D eigenvalue weighted by Crippen LogP contribution is -2.70. The van der Waals surface area contributed by atoms with Crippen LogP contribution in [0.2, 0.25) is 0 Å². The maximum Gasteiger partial charge on any atom is 0.217 e. The van der Waals surface area contributed by atoms with Crippen LogP contribution in [0.5, 0.6) is 0 Å². The van der Waals surface area contributed by atoms with Gasteiger partial charge in [-0.25, -0.2) is 0 Å². The minimum absolute atomic E-state index is 0.756. The number of carbonyl (C=O) groups is 2. The predicted molar refractivity (Wildman–Crippen MR) is 288 cm³/mol. The van der Waals surface area contributed by atoms with Gasteiger partial charge in [0.2, 0.25) is 11.8 Å². The SMILES string of the molecule is CC(=O)N[C@@H]1[C@@H](O)[C@H](O[C@@H]2O[C@H](CO)[C@@H](O[C@H]3O[C@H](CO[C@H]4O[C@H](CO[C@H]5O[C@H](CO)[C@@H](O)[C@H](O)[C@@H]5O[C@H]5O[C@H](CO)[C@@H](O)[C@H](O)[C@@H]5O)[C@@H](O)[C@H](O[C@H]5O[C@H](CO)[C@@H](O)[C@H](O)[C@@H]5O)[C@@H]4O)[C@@H](O)[C@H](O[C@H]4O[C@H](CO)[C@@H](O)[C@H](O)[C@@H]4O)[C@@H]3O)[C@H](O)[C@H]2NC(C)=O)[C@@H](CO)O[C@H]1O. The highest BCUT2D eigenvalue weighted by molar-refractivity contribution is 5.73. The van der Waals surface area contributed by atoms with Crippen molar-refractivity contribution in [3.8, 4) is 0 Å². The maximum atomic E-state index is 12.8. The molecule has 43 nitrogen and oxygen atoms in total. The highest BCUT2D eigenvalue weighted by Gasteiger charge is 2.59. The standard InChI is InChI=1S/C52H88N2O41/c1-11(61)53-21-29(69)40(17(7-59)83-45(21)80)91-46-22(54-12(2)62)30(70)41(18(8-60)88-46)92-51-39(79)43(94-49-36(76)32(72)24(64)14(4-56)85-49)28(68)20(90-51)9-81-47-38(78)42(93-48-35(75)31(71)23(63)13(3-55)84-48)27(67)19(89-47)10-82-52-44(34(74)26(66)16(6-58)87-52)95-50-37(77)33(73)25(65)15(5-57)86-50/h13-52,55-60,63-80H,3-10H2,1-2H3,(H,53,61)(H,54,62)/t13-,14-,15-,16-,17-,18-,19-,20-,21-,22-,23-,24-,25-,26-,27-,28-,29-,30-,31+,32+,33+,34+,35+,36+,37+,38+,39+,40-,41-,42+,43+,44+,45-,46+,47+,48-,49-,50-,51-,52+/m1/s1. The van der Waals surface area contributed by atoms with Gasteiger partial charge in [0.15, 0.2) is 50.3 Å². The molecule has 0 saturated carbocycles. The van der Waals surface area contributed by atoms with Gasteiger partial charge in [0.05, 0.1) is 52.9 Å². The van der Waals surface area contributed by atoms with Crippen LogP contribution in [-0.2, 0) is 80.6 Å². The summed E-state index contributed by atoms with van der Waals surface area (Å²) in [5.41, 5.74) is 0. The van der Waals surface area contributed by atoms with Crippen molar-refractivity contribution in [1.29, 1.82) is 0 Å². The number of aliphatic hydroxyl groups is 24. The summed E-state index contributed by atoms with van der Waals surface area (Å²) in [6, 6.07) is -3.44. The number of amides is 2. The van der Waals surface area contributed by atoms with Gasteiger partial charge >= 0.3 is 0 Å². The largest absolute Gasteiger partial charge is 0.394 e. The van der Waals surface area contributed by atoms with Crippen LogP contribution in [0.25, 0.3) is 0 Å². The van der Waals surface area contributed by atoms with E-state index in [0.29, 0.717) is 0 Å². The molecule has 0 spiro atoms. The van der Waals surface area contributed by atoms with E-state index in [1.54, 1.807) is 0 Å². The number of aliphatic hydroxyl groups excluding tert-OH is 24. The topological polar surface area (TPSA) is 682 Å². The molecule has 0 aromatic carbocycles. The van der Waals surface area contributed by atoms with Gasteiger partial charge in [-0.15, -0.1) is 0 Å². The van der Waals surface area contributed by atoms with Crippen LogP contribution in [0.15, 0.2) is 0 Å². The van der Waals surface area contributed by atoms with Crippen molar-refractivity contribution in [2.75, 3.05) is 52.9 Å². The minimum Gasteiger partial charge on any atom is -0.394 e. The molecule has 0 radical (unpaired) electrons. The Morgan fingerprint density at radius 2 is 0.568 bits per heavy atom. The summed E-state index contributed by atoms with van der Waals surface area (Å²) in [6.45, 7) is -6.23. The second kappa shape index (κ2) is 33.9. The highest BCUT2D eigenvalue weighted by atomic mass is 16.8. The Morgan fingerprint density at radius 1 is 0.274 bits per heavy atom. The monoisotopic (exact) mass is 1400 g/mol. The molecular weight excluding hydrogens is 1310 g/mol. The summed E-state index contributed by atoms with van der Waals surface area (Å²) >= 11 is 0. The van der Waals surface area contributed by atoms with Gasteiger partial charge in [-0.2, -0.15) is 0 Å². The summed E-state index contributed by atoms with van der Waals surface area (Å²) in [4.78, 5) is 24.8. The van der Waals surface area contributed by atoms with Gasteiger partial charge in [-0.05, 0) is 0 Å². The molecule has 40 atom stereocenters. The van der Waals surface area contributed by atoms with Gasteiger partial charge in [0.25, 0.3) is 0 Å². The van der Waals surface area contributed by atoms with Crippen LogP contribution in [0, 0.1) is 0 Å². The fourth-order valence-electron chi connectivity index (χ4n) is 12.1. The van der Waals surface area contributed by atoms with Crippen LogP contribution in [0.1, 0.15) is 13.8 Å². The van der Waals surface area contributed by atoms with E-state index < -0.39 is 310 Å². The third-order valence-corrected chi connectivity index (χ3v) is 17.4. The third kappa shape index (κ3) is 17.0. The van der Waals surface area contributed by atoms with E-state index in [0.717, 1.165) is 13.8 Å². The zero-order valence-electron chi connectivity index (χ0n) is 50.4. The van der Waals surface area contributed by atoms with Crippen molar-refractivity contribution in [2.24, 2.45) is 0 Å². The van der Waals surface area contributed by atoms with E-state index in [1.807, 2.05) is 0 Å². The lowest BCUT2D eigenvalue weighted by atomic mass is 9.94. The molecule has 552 valence electrons. The van der Waals surface area contributed by atoms with Crippen LogP contribution >= 0.6 is 0 Å². The Morgan fingerprint density at radius 3 is 0.989 bits per heavy atom. The average molecular weight is 1400 g/mol. The third-order valence-electron chi connectivity index (χ3n) is 17.4. The van der Waals surface area contributed by atoms with Crippen LogP contribution in [0.4, 0.5) is 0 Å². The van der Waals surface area contributed by atoms with Crippen molar-refractivity contribution in [3.63, 3.8) is 0 Å². The first-order valence-corrected chi connectivity index (χ1v) is 30.1. The normalized spacial score (nSPS) is 50.8. The summed E-state index contributed by atoms with van der Waals surface area (Å²) < 4.78 is 86.5. The molecule has 8 fully saturated rings. The van der Waals surface area contributed by atoms with Crippen LogP contribution < -0.4 is 10.6 Å². The maximum absolute atomic E-state index is 12.8. The zero-order chi connectivity index (χ0) is 69.9. The molecule has 8 rings (SSSR count). The molecule has 8 heterocycles. The fraction of sp³-hybridized carbons (Fsp3) is 0.962. The Hall–Kier alpha value is -2.62. The molecular formula is C52H88N2O41. The molecule has 95 heavy (non-hydrogen) atoms. The molecule has 0 aliphatic carbocycles. The molecule has 8 aliphatic heterocycles. The summed E-state index contributed by atoms with van der Waals surface area (Å²) in [7, 11) is 0. The quantitative estimate of drug-likeness (QED) is 0.0427. The number of nitrogens with one attached hydrogen (secondary N) is 2. The molecule has 0 bridgehead atoms. The number of rotatable bonds is 24.